The molecule has 18 heavy (non-hydrogen) atoms. The molecule has 1 spiro atoms. The van der Waals surface area contributed by atoms with E-state index in [4.69, 9.17) is 4.74 Å². The average Bonchev–Trinajstić information content (AvgIpc) is 2.65. The second-order valence-corrected chi connectivity index (χ2v) is 6.75. The van der Waals surface area contributed by atoms with Gasteiger partial charge in [-0.3, -0.25) is 9.59 Å². The highest BCUT2D eigenvalue weighted by molar-refractivity contribution is 6.07. The molecule has 1 saturated heterocycles. The Kier molecular flexibility index (Phi) is 2.16. The summed E-state index contributed by atoms with van der Waals surface area (Å²) >= 11 is 0. The van der Waals surface area contributed by atoms with Crippen molar-refractivity contribution in [1.82, 2.24) is 0 Å². The highest BCUT2D eigenvalue weighted by atomic mass is 16.5. The quantitative estimate of drug-likeness (QED) is 0.376. The molecule has 0 amide bonds. The molecule has 1 aliphatic heterocycles. The zero-order valence-electron chi connectivity index (χ0n) is 11.3. The van der Waals surface area contributed by atoms with E-state index < -0.39 is 10.8 Å². The molecule has 3 atom stereocenters. The van der Waals surface area contributed by atoms with E-state index in [1.54, 1.807) is 0 Å². The molecule has 2 fully saturated rings. The van der Waals surface area contributed by atoms with Crippen LogP contribution < -0.4 is 0 Å². The van der Waals surface area contributed by atoms with Crippen molar-refractivity contribution in [3.05, 3.63) is 12.2 Å². The zero-order chi connectivity index (χ0) is 13.2. The molecule has 2 aliphatic carbocycles. The van der Waals surface area contributed by atoms with Crippen LogP contribution >= 0.6 is 0 Å². The number of allylic oxidation sites excluding steroid dienone is 2. The molecule has 0 bridgehead atoms. The third kappa shape index (κ3) is 1.03. The standard InChI is InChI=1S/C15H20O3/c1-13(2)8-6-11(16)15-10(9-18-12(15)17)5-4-7-14(13,15)3/h4,7,10H,5-6,8-9H2,1-3H3/t10-,14+,15+/m1/s1. The van der Waals surface area contributed by atoms with E-state index >= 15 is 0 Å². The Morgan fingerprint density at radius 1 is 1.28 bits per heavy atom. The van der Waals surface area contributed by atoms with Gasteiger partial charge in [-0.25, -0.2) is 0 Å². The van der Waals surface area contributed by atoms with Crippen molar-refractivity contribution >= 4 is 11.8 Å². The van der Waals surface area contributed by atoms with Gasteiger partial charge >= 0.3 is 5.97 Å². The van der Waals surface area contributed by atoms with Crippen molar-refractivity contribution in [3.8, 4) is 0 Å². The van der Waals surface area contributed by atoms with Gasteiger partial charge in [-0.1, -0.05) is 32.9 Å². The Labute approximate surface area is 108 Å². The van der Waals surface area contributed by atoms with Gasteiger partial charge in [0, 0.05) is 17.8 Å². The Hall–Kier alpha value is -1.12. The van der Waals surface area contributed by atoms with Crippen LogP contribution in [0.1, 0.15) is 40.0 Å². The van der Waals surface area contributed by atoms with Crippen LogP contribution in [0.5, 0.6) is 0 Å². The molecule has 0 unspecified atom stereocenters. The van der Waals surface area contributed by atoms with E-state index in [1.165, 1.54) is 0 Å². The minimum Gasteiger partial charge on any atom is -0.465 e. The lowest BCUT2D eigenvalue weighted by Gasteiger charge is -2.57. The second kappa shape index (κ2) is 3.25. The van der Waals surface area contributed by atoms with Gasteiger partial charge in [-0.05, 0) is 18.3 Å². The molecular formula is C15H20O3. The molecule has 3 rings (SSSR count). The van der Waals surface area contributed by atoms with Crippen LogP contribution in [0.15, 0.2) is 12.2 Å². The number of carbonyl (C=O) groups excluding carboxylic acids is 2. The number of carbonyl (C=O) groups is 2. The lowest BCUT2D eigenvalue weighted by molar-refractivity contribution is -0.171. The van der Waals surface area contributed by atoms with E-state index in [-0.39, 0.29) is 23.1 Å². The minimum absolute atomic E-state index is 0.0343. The summed E-state index contributed by atoms with van der Waals surface area (Å²) < 4.78 is 5.29. The smallest absolute Gasteiger partial charge is 0.320 e. The largest absolute Gasteiger partial charge is 0.465 e. The summed E-state index contributed by atoms with van der Waals surface area (Å²) in [6.45, 7) is 6.80. The molecule has 0 aromatic carbocycles. The Morgan fingerprint density at radius 2 is 2.00 bits per heavy atom. The maximum absolute atomic E-state index is 12.6. The van der Waals surface area contributed by atoms with Crippen LogP contribution in [0.3, 0.4) is 0 Å². The summed E-state index contributed by atoms with van der Waals surface area (Å²) in [6, 6.07) is 0. The maximum atomic E-state index is 12.6. The molecule has 3 aliphatic rings. The van der Waals surface area contributed by atoms with Gasteiger partial charge in [0.2, 0.25) is 0 Å². The number of cyclic esters (lactones) is 1. The van der Waals surface area contributed by atoms with E-state index in [0.717, 1.165) is 12.8 Å². The van der Waals surface area contributed by atoms with Crippen LogP contribution in [0, 0.1) is 22.2 Å². The van der Waals surface area contributed by atoms with Crippen molar-refractivity contribution in [1.29, 1.82) is 0 Å². The first-order chi connectivity index (χ1) is 8.36. The monoisotopic (exact) mass is 248 g/mol. The van der Waals surface area contributed by atoms with Crippen molar-refractivity contribution < 1.29 is 14.3 Å². The predicted octanol–water partition coefficient (Wildman–Crippen LogP) is 2.50. The van der Waals surface area contributed by atoms with Crippen LogP contribution in [0.25, 0.3) is 0 Å². The Morgan fingerprint density at radius 3 is 2.72 bits per heavy atom. The normalized spacial score (nSPS) is 45.4. The van der Waals surface area contributed by atoms with Crippen molar-refractivity contribution in [3.63, 3.8) is 0 Å². The summed E-state index contributed by atoms with van der Waals surface area (Å²) in [7, 11) is 0. The predicted molar refractivity (Wildman–Crippen MR) is 66.8 cm³/mol. The molecule has 1 saturated carbocycles. The van der Waals surface area contributed by atoms with Crippen LogP contribution in [-0.4, -0.2) is 18.4 Å². The first-order valence-electron chi connectivity index (χ1n) is 6.74. The first kappa shape index (κ1) is 11.9. The second-order valence-electron chi connectivity index (χ2n) is 6.75. The lowest BCUT2D eigenvalue weighted by Crippen LogP contribution is -2.62. The molecule has 3 heteroatoms. The third-order valence-electron chi connectivity index (χ3n) is 5.86. The molecule has 98 valence electrons. The van der Waals surface area contributed by atoms with Gasteiger partial charge in [0.25, 0.3) is 0 Å². The van der Waals surface area contributed by atoms with E-state index in [1.807, 2.05) is 0 Å². The van der Waals surface area contributed by atoms with E-state index in [9.17, 15) is 9.59 Å². The van der Waals surface area contributed by atoms with Crippen LogP contribution in [0.4, 0.5) is 0 Å². The summed E-state index contributed by atoms with van der Waals surface area (Å²) in [5.41, 5.74) is -1.38. The van der Waals surface area contributed by atoms with Gasteiger partial charge in [0.15, 0.2) is 5.78 Å². The molecule has 0 radical (unpaired) electrons. The third-order valence-corrected chi connectivity index (χ3v) is 5.86. The van der Waals surface area contributed by atoms with Gasteiger partial charge in [0.1, 0.15) is 5.41 Å². The number of Topliss-reactive ketones (excluding diaryl/α,β-unsaturated/α-hetero) is 1. The first-order valence-corrected chi connectivity index (χ1v) is 6.74. The molecule has 0 aromatic rings. The zero-order valence-corrected chi connectivity index (χ0v) is 11.3. The highest BCUT2D eigenvalue weighted by Crippen LogP contribution is 2.66. The van der Waals surface area contributed by atoms with E-state index in [0.29, 0.717) is 13.0 Å². The summed E-state index contributed by atoms with van der Waals surface area (Å²) in [5.74, 6) is -0.148. The van der Waals surface area contributed by atoms with E-state index in [2.05, 4.69) is 32.9 Å². The number of esters is 1. The fraction of sp³-hybridized carbons (Fsp3) is 0.733. The molecule has 0 aromatic heterocycles. The molecule has 0 N–H and O–H groups in total. The lowest BCUT2D eigenvalue weighted by atomic mass is 9.42. The van der Waals surface area contributed by atoms with Gasteiger partial charge < -0.3 is 4.74 Å². The maximum Gasteiger partial charge on any atom is 0.320 e. The Balaban J connectivity index is 2.28. The number of ketones is 1. The van der Waals surface area contributed by atoms with Gasteiger partial charge in [-0.15, -0.1) is 0 Å². The summed E-state index contributed by atoms with van der Waals surface area (Å²) in [5, 5.41) is 0. The Bertz CT molecular complexity index is 462. The number of hydrogen-bond donors (Lipinski definition) is 0. The fourth-order valence-electron chi connectivity index (χ4n) is 4.34. The number of rotatable bonds is 0. The highest BCUT2D eigenvalue weighted by Gasteiger charge is 2.72. The van der Waals surface area contributed by atoms with Crippen molar-refractivity contribution in [2.24, 2.45) is 22.2 Å². The number of ether oxygens (including phenoxy) is 1. The van der Waals surface area contributed by atoms with Crippen LogP contribution in [0.2, 0.25) is 0 Å². The summed E-state index contributed by atoms with van der Waals surface area (Å²) in [4.78, 5) is 25.0. The molecule has 1 heterocycles. The summed E-state index contributed by atoms with van der Waals surface area (Å²) in [6.07, 6.45) is 6.36. The number of hydrogen-bond acceptors (Lipinski definition) is 3. The topological polar surface area (TPSA) is 43.4 Å². The van der Waals surface area contributed by atoms with Crippen LogP contribution in [-0.2, 0) is 14.3 Å². The van der Waals surface area contributed by atoms with Gasteiger partial charge in [0.05, 0.1) is 6.61 Å². The SMILES string of the molecule is CC1(C)CCC(=O)[C@]23C(=O)OC[C@H]2CC=C[C@@]13C. The van der Waals surface area contributed by atoms with Crippen molar-refractivity contribution in [2.75, 3.05) is 6.61 Å². The fourth-order valence-corrected chi connectivity index (χ4v) is 4.34. The molecule has 3 nitrogen and oxygen atoms in total. The average molecular weight is 248 g/mol. The van der Waals surface area contributed by atoms with Gasteiger partial charge in [-0.2, -0.15) is 0 Å². The van der Waals surface area contributed by atoms with Crippen molar-refractivity contribution in [2.45, 2.75) is 40.0 Å². The minimum atomic E-state index is -0.913. The molecular weight excluding hydrogens is 228 g/mol.